The number of ether oxygens (including phenoxy) is 1. The van der Waals surface area contributed by atoms with E-state index in [-0.39, 0.29) is 11.8 Å². The van der Waals surface area contributed by atoms with Gasteiger partial charge in [-0.05, 0) is 74.2 Å². The van der Waals surface area contributed by atoms with Crippen LogP contribution >= 0.6 is 0 Å². The van der Waals surface area contributed by atoms with Gasteiger partial charge in [0, 0.05) is 24.2 Å². The van der Waals surface area contributed by atoms with Crippen molar-refractivity contribution in [3.63, 3.8) is 0 Å². The molecule has 1 atom stereocenters. The van der Waals surface area contributed by atoms with Crippen LogP contribution in [-0.4, -0.2) is 48.2 Å². The van der Waals surface area contributed by atoms with Gasteiger partial charge in [-0.15, -0.1) is 0 Å². The molecule has 2 aromatic rings. The number of anilines is 1. The maximum Gasteiger partial charge on any atom is 0.273 e. The third-order valence-corrected chi connectivity index (χ3v) is 6.03. The summed E-state index contributed by atoms with van der Waals surface area (Å²) in [6.45, 7) is 5.12. The Balaban J connectivity index is 1.40. The van der Waals surface area contributed by atoms with E-state index in [1.165, 1.54) is 0 Å². The van der Waals surface area contributed by atoms with Crippen molar-refractivity contribution >= 4 is 23.2 Å². The van der Waals surface area contributed by atoms with Gasteiger partial charge in [0.1, 0.15) is 11.5 Å². The normalized spacial score (nSPS) is 20.2. The number of likely N-dealkylation sites (tertiary alicyclic amines) is 1. The number of hydrogen-bond acceptors (Lipinski definition) is 5. The second-order valence-corrected chi connectivity index (χ2v) is 8.30. The van der Waals surface area contributed by atoms with Crippen LogP contribution in [0.4, 0.5) is 5.69 Å². The van der Waals surface area contributed by atoms with E-state index < -0.39 is 5.60 Å². The average molecular weight is 421 g/mol. The van der Waals surface area contributed by atoms with Gasteiger partial charge in [-0.3, -0.25) is 9.59 Å². The molecule has 31 heavy (non-hydrogen) atoms. The van der Waals surface area contributed by atoms with E-state index in [1.807, 2.05) is 36.9 Å². The Labute approximate surface area is 182 Å². The number of nitrogens with one attached hydrogen (secondary N) is 1. The Kier molecular flexibility index (Phi) is 5.67. The topological polar surface area (TPSA) is 80.2 Å². The van der Waals surface area contributed by atoms with Gasteiger partial charge < -0.3 is 19.8 Å². The van der Waals surface area contributed by atoms with Crippen molar-refractivity contribution in [2.75, 3.05) is 25.5 Å². The molecule has 0 bridgehead atoms. The van der Waals surface area contributed by atoms with Crippen molar-refractivity contribution < 1.29 is 19.2 Å². The summed E-state index contributed by atoms with van der Waals surface area (Å²) in [5, 5.41) is 6.92. The largest absolute Gasteiger partial charge is 0.497 e. The van der Waals surface area contributed by atoms with E-state index in [4.69, 9.17) is 9.57 Å². The standard InChI is InChI=1S/C24H27N3O4/c1-16-5-6-18(13-17(16)2)23(29)27-12-4-11-24(15-27)14-21(26-31-24)22(28)25-19-7-9-20(30-3)10-8-19/h5-10,13H,4,11-12,14-15H2,1-3H3,(H,25,28)/t24-/m0/s1. The first kappa shape index (κ1) is 20.9. The van der Waals surface area contributed by atoms with E-state index in [2.05, 4.69) is 10.5 Å². The van der Waals surface area contributed by atoms with Crippen molar-refractivity contribution in [1.82, 2.24) is 4.90 Å². The Bertz CT molecular complexity index is 1030. The number of carbonyl (C=O) groups excluding carboxylic acids is 2. The Morgan fingerprint density at radius 3 is 2.61 bits per heavy atom. The molecule has 2 heterocycles. The fourth-order valence-electron chi connectivity index (χ4n) is 4.07. The molecule has 2 amide bonds. The maximum atomic E-state index is 13.1. The highest BCUT2D eigenvalue weighted by Crippen LogP contribution is 2.34. The zero-order valence-corrected chi connectivity index (χ0v) is 18.1. The number of carbonyl (C=O) groups is 2. The summed E-state index contributed by atoms with van der Waals surface area (Å²) in [7, 11) is 1.59. The zero-order chi connectivity index (χ0) is 22.0. The van der Waals surface area contributed by atoms with Gasteiger partial charge in [-0.1, -0.05) is 11.2 Å². The number of methoxy groups -OCH3 is 1. The monoisotopic (exact) mass is 421 g/mol. The van der Waals surface area contributed by atoms with E-state index in [9.17, 15) is 9.59 Å². The minimum Gasteiger partial charge on any atom is -0.497 e. The molecule has 0 radical (unpaired) electrons. The van der Waals surface area contributed by atoms with Crippen LogP contribution in [-0.2, 0) is 9.63 Å². The first-order valence-corrected chi connectivity index (χ1v) is 10.5. The molecular formula is C24H27N3O4. The van der Waals surface area contributed by atoms with Gasteiger partial charge in [0.05, 0.1) is 13.7 Å². The number of piperidine rings is 1. The first-order chi connectivity index (χ1) is 14.9. The minimum atomic E-state index is -0.639. The molecule has 1 N–H and O–H groups in total. The van der Waals surface area contributed by atoms with Crippen LogP contribution in [0.1, 0.15) is 40.7 Å². The molecule has 2 aliphatic rings. The lowest BCUT2D eigenvalue weighted by Crippen LogP contribution is -2.50. The molecule has 0 aliphatic carbocycles. The van der Waals surface area contributed by atoms with Crippen LogP contribution in [0.5, 0.6) is 5.75 Å². The smallest absolute Gasteiger partial charge is 0.273 e. The minimum absolute atomic E-state index is 0.0121. The average Bonchev–Trinajstić information content (AvgIpc) is 3.19. The predicted molar refractivity (Wildman–Crippen MR) is 119 cm³/mol. The number of aryl methyl sites for hydroxylation is 2. The van der Waals surface area contributed by atoms with Crippen molar-refractivity contribution in [2.24, 2.45) is 5.16 Å². The quantitative estimate of drug-likeness (QED) is 0.816. The third-order valence-electron chi connectivity index (χ3n) is 6.03. The number of nitrogens with zero attached hydrogens (tertiary/aromatic N) is 2. The van der Waals surface area contributed by atoms with Gasteiger partial charge in [0.25, 0.3) is 11.8 Å². The molecule has 2 aromatic carbocycles. The highest BCUT2D eigenvalue weighted by Gasteiger charge is 2.45. The SMILES string of the molecule is COc1ccc(NC(=O)C2=NO[C@@]3(CCCN(C(=O)c4ccc(C)c(C)c4)C3)C2)cc1. The van der Waals surface area contributed by atoms with Crippen LogP contribution in [0.2, 0.25) is 0 Å². The molecule has 1 fully saturated rings. The van der Waals surface area contributed by atoms with Crippen LogP contribution in [0, 0.1) is 13.8 Å². The van der Waals surface area contributed by atoms with Gasteiger partial charge in [0.15, 0.2) is 5.60 Å². The summed E-state index contributed by atoms with van der Waals surface area (Å²) in [5.41, 5.74) is 3.29. The highest BCUT2D eigenvalue weighted by atomic mass is 16.7. The summed E-state index contributed by atoms with van der Waals surface area (Å²) < 4.78 is 5.13. The van der Waals surface area contributed by atoms with E-state index in [1.54, 1.807) is 31.4 Å². The molecule has 0 aromatic heterocycles. The number of hydrogen-bond donors (Lipinski definition) is 1. The summed E-state index contributed by atoms with van der Waals surface area (Å²) in [6, 6.07) is 12.9. The summed E-state index contributed by atoms with van der Waals surface area (Å²) in [4.78, 5) is 33.3. The molecule has 1 saturated heterocycles. The summed E-state index contributed by atoms with van der Waals surface area (Å²) in [5.74, 6) is 0.413. The molecule has 7 heteroatoms. The maximum absolute atomic E-state index is 13.1. The molecule has 2 aliphatic heterocycles. The van der Waals surface area contributed by atoms with Crippen molar-refractivity contribution in [3.05, 3.63) is 59.2 Å². The van der Waals surface area contributed by atoms with Crippen LogP contribution in [0.15, 0.2) is 47.6 Å². The molecule has 7 nitrogen and oxygen atoms in total. The summed E-state index contributed by atoms with van der Waals surface area (Å²) in [6.07, 6.45) is 1.94. The lowest BCUT2D eigenvalue weighted by atomic mass is 9.87. The highest BCUT2D eigenvalue weighted by molar-refractivity contribution is 6.43. The molecule has 1 spiro atoms. The van der Waals surface area contributed by atoms with Gasteiger partial charge in [-0.2, -0.15) is 0 Å². The Morgan fingerprint density at radius 2 is 1.90 bits per heavy atom. The van der Waals surface area contributed by atoms with Gasteiger partial charge >= 0.3 is 0 Å². The Hall–Kier alpha value is -3.35. The van der Waals surface area contributed by atoms with E-state index in [0.29, 0.717) is 42.2 Å². The lowest BCUT2D eigenvalue weighted by molar-refractivity contribution is -0.110. The van der Waals surface area contributed by atoms with Crippen LogP contribution in [0.25, 0.3) is 0 Å². The lowest BCUT2D eigenvalue weighted by Gasteiger charge is -2.38. The van der Waals surface area contributed by atoms with E-state index in [0.717, 1.165) is 24.0 Å². The van der Waals surface area contributed by atoms with Gasteiger partial charge in [0.2, 0.25) is 0 Å². The fourth-order valence-corrected chi connectivity index (χ4v) is 4.07. The zero-order valence-electron chi connectivity index (χ0n) is 18.1. The number of amides is 2. The molecule has 0 saturated carbocycles. The van der Waals surface area contributed by atoms with Crippen LogP contribution < -0.4 is 10.1 Å². The molecule has 0 unspecified atom stereocenters. The first-order valence-electron chi connectivity index (χ1n) is 10.5. The molecular weight excluding hydrogens is 394 g/mol. The van der Waals surface area contributed by atoms with Crippen molar-refractivity contribution in [3.8, 4) is 5.75 Å². The van der Waals surface area contributed by atoms with E-state index >= 15 is 0 Å². The second-order valence-electron chi connectivity index (χ2n) is 8.30. The third kappa shape index (κ3) is 4.40. The number of oxime groups is 1. The molecule has 4 rings (SSSR count). The van der Waals surface area contributed by atoms with Crippen molar-refractivity contribution in [2.45, 2.75) is 38.7 Å². The van der Waals surface area contributed by atoms with Gasteiger partial charge in [-0.25, -0.2) is 0 Å². The molecule has 162 valence electrons. The van der Waals surface area contributed by atoms with Crippen molar-refractivity contribution in [1.29, 1.82) is 0 Å². The number of benzene rings is 2. The van der Waals surface area contributed by atoms with Crippen LogP contribution in [0.3, 0.4) is 0 Å². The fraction of sp³-hybridized carbons (Fsp3) is 0.375. The second kappa shape index (κ2) is 8.41. The summed E-state index contributed by atoms with van der Waals surface area (Å²) >= 11 is 0. The number of rotatable bonds is 4. The predicted octanol–water partition coefficient (Wildman–Crippen LogP) is 3.70. The Morgan fingerprint density at radius 1 is 1.13 bits per heavy atom.